The highest BCUT2D eigenvalue weighted by Crippen LogP contribution is 2.35. The van der Waals surface area contributed by atoms with Crippen molar-refractivity contribution in [2.75, 3.05) is 18.1 Å². The van der Waals surface area contributed by atoms with Gasteiger partial charge in [-0.15, -0.1) is 0 Å². The molecule has 0 saturated heterocycles. The Bertz CT molecular complexity index is 1130. The lowest BCUT2D eigenvalue weighted by Gasteiger charge is -2.28. The van der Waals surface area contributed by atoms with Gasteiger partial charge in [-0.3, -0.25) is 14.9 Å². The van der Waals surface area contributed by atoms with Gasteiger partial charge < -0.3 is 14.4 Å². The lowest BCUT2D eigenvalue weighted by atomic mass is 10.1. The number of hydrogen-bond donors (Lipinski definition) is 0. The maximum absolute atomic E-state index is 12.8. The maximum Gasteiger partial charge on any atom is 0.271 e. The lowest BCUT2D eigenvalue weighted by Crippen LogP contribution is -2.36. The Hall–Kier alpha value is -4.13. The molecule has 0 saturated carbocycles. The van der Waals surface area contributed by atoms with Crippen molar-refractivity contribution in [2.45, 2.75) is 6.61 Å². The topological polar surface area (TPSA) is 81.9 Å². The number of amides is 1. The van der Waals surface area contributed by atoms with E-state index < -0.39 is 4.92 Å². The van der Waals surface area contributed by atoms with Crippen LogP contribution in [-0.4, -0.2) is 24.0 Å². The number of rotatable bonds is 6. The van der Waals surface area contributed by atoms with Crippen molar-refractivity contribution in [3.8, 4) is 11.5 Å². The Morgan fingerprint density at radius 1 is 1.10 bits per heavy atom. The molecule has 0 atom stereocenters. The molecule has 0 bridgehead atoms. The Morgan fingerprint density at radius 2 is 1.94 bits per heavy atom. The molecule has 3 aromatic carbocycles. The van der Waals surface area contributed by atoms with Gasteiger partial charge >= 0.3 is 0 Å². The number of carbonyl (C=O) groups excluding carboxylic acids is 1. The van der Waals surface area contributed by atoms with Crippen LogP contribution in [0.3, 0.4) is 0 Å². The second-order valence-corrected chi connectivity index (χ2v) is 6.93. The summed E-state index contributed by atoms with van der Waals surface area (Å²) in [6.45, 7) is 1.10. The summed E-state index contributed by atoms with van der Waals surface area (Å²) in [6.07, 6.45) is 3.15. The van der Waals surface area contributed by atoms with Crippen LogP contribution in [0.4, 0.5) is 11.4 Å². The van der Waals surface area contributed by atoms with Gasteiger partial charge in [0.2, 0.25) is 0 Å². The zero-order valence-corrected chi connectivity index (χ0v) is 16.6. The summed E-state index contributed by atoms with van der Waals surface area (Å²) < 4.78 is 11.4. The summed E-state index contributed by atoms with van der Waals surface area (Å²) in [5.74, 6) is 0.876. The van der Waals surface area contributed by atoms with E-state index in [0.29, 0.717) is 36.9 Å². The van der Waals surface area contributed by atoms with E-state index in [2.05, 4.69) is 0 Å². The third-order valence-electron chi connectivity index (χ3n) is 4.81. The van der Waals surface area contributed by atoms with Crippen molar-refractivity contribution in [3.63, 3.8) is 0 Å². The maximum atomic E-state index is 12.8. The molecule has 0 aromatic heterocycles. The van der Waals surface area contributed by atoms with Crippen molar-refractivity contribution in [1.82, 2.24) is 0 Å². The van der Waals surface area contributed by atoms with Crippen LogP contribution < -0.4 is 14.4 Å². The molecule has 1 amide bonds. The van der Waals surface area contributed by atoms with Gasteiger partial charge in [-0.1, -0.05) is 42.5 Å². The van der Waals surface area contributed by atoms with Crippen LogP contribution in [0.15, 0.2) is 78.9 Å². The monoisotopic (exact) mass is 416 g/mol. The van der Waals surface area contributed by atoms with E-state index in [1.165, 1.54) is 29.2 Å². The van der Waals surface area contributed by atoms with E-state index in [-0.39, 0.29) is 11.6 Å². The molecule has 0 unspecified atom stereocenters. The van der Waals surface area contributed by atoms with Gasteiger partial charge in [0.05, 0.1) is 17.2 Å². The van der Waals surface area contributed by atoms with Gasteiger partial charge in [-0.2, -0.15) is 0 Å². The van der Waals surface area contributed by atoms with Crippen molar-refractivity contribution < 1.29 is 19.2 Å². The van der Waals surface area contributed by atoms with E-state index in [4.69, 9.17) is 9.47 Å². The summed E-state index contributed by atoms with van der Waals surface area (Å²) in [7, 11) is 0. The zero-order valence-electron chi connectivity index (χ0n) is 16.6. The van der Waals surface area contributed by atoms with Gasteiger partial charge in [-0.05, 0) is 35.4 Å². The van der Waals surface area contributed by atoms with E-state index in [1.54, 1.807) is 6.08 Å². The van der Waals surface area contributed by atoms with Crippen LogP contribution in [0.25, 0.3) is 6.08 Å². The quantitative estimate of drug-likeness (QED) is 0.333. The fourth-order valence-corrected chi connectivity index (χ4v) is 3.25. The average molecular weight is 416 g/mol. The Kier molecular flexibility index (Phi) is 5.93. The fourth-order valence-electron chi connectivity index (χ4n) is 3.25. The van der Waals surface area contributed by atoms with E-state index in [9.17, 15) is 14.9 Å². The summed E-state index contributed by atoms with van der Waals surface area (Å²) in [4.78, 5) is 24.9. The molecular weight excluding hydrogens is 396 g/mol. The molecule has 1 heterocycles. The lowest BCUT2D eigenvalue weighted by molar-refractivity contribution is -0.384. The molecule has 0 N–H and O–H groups in total. The van der Waals surface area contributed by atoms with E-state index in [1.807, 2.05) is 54.6 Å². The molecule has 1 aliphatic heterocycles. The highest BCUT2D eigenvalue weighted by Gasteiger charge is 2.24. The number of nitro groups is 1. The van der Waals surface area contributed by atoms with Crippen LogP contribution in [0, 0.1) is 10.1 Å². The number of hydrogen-bond acceptors (Lipinski definition) is 5. The SMILES string of the molecule is O=C(/C=C/c1cccc(OCc2ccccc2)c1)N1CCOc2ccc([N+](=O)[O-])cc21. The molecule has 3 aromatic rings. The molecule has 4 rings (SSSR count). The Balaban J connectivity index is 1.46. The van der Waals surface area contributed by atoms with Crippen LogP contribution in [-0.2, 0) is 11.4 Å². The van der Waals surface area contributed by atoms with Gasteiger partial charge in [0.25, 0.3) is 11.6 Å². The van der Waals surface area contributed by atoms with Crippen molar-refractivity contribution in [3.05, 3.63) is 100 Å². The number of fused-ring (bicyclic) bond motifs is 1. The minimum atomic E-state index is -0.492. The molecule has 7 nitrogen and oxygen atoms in total. The van der Waals surface area contributed by atoms with Crippen LogP contribution in [0.2, 0.25) is 0 Å². The second kappa shape index (κ2) is 9.13. The van der Waals surface area contributed by atoms with Gasteiger partial charge in [0.15, 0.2) is 0 Å². The normalized spacial score (nSPS) is 12.8. The molecule has 1 aliphatic rings. The van der Waals surface area contributed by atoms with E-state index in [0.717, 1.165) is 11.1 Å². The number of benzene rings is 3. The highest BCUT2D eigenvalue weighted by atomic mass is 16.6. The predicted molar refractivity (Wildman–Crippen MR) is 117 cm³/mol. The van der Waals surface area contributed by atoms with Gasteiger partial charge in [0, 0.05) is 18.2 Å². The summed E-state index contributed by atoms with van der Waals surface area (Å²) in [5, 5.41) is 11.1. The minimum Gasteiger partial charge on any atom is -0.490 e. The van der Waals surface area contributed by atoms with Crippen molar-refractivity contribution in [1.29, 1.82) is 0 Å². The van der Waals surface area contributed by atoms with Crippen LogP contribution in [0.1, 0.15) is 11.1 Å². The molecular formula is C24H20N2O5. The summed E-state index contributed by atoms with van der Waals surface area (Å²) in [6, 6.07) is 21.5. The number of anilines is 1. The molecule has 0 fully saturated rings. The molecule has 156 valence electrons. The van der Waals surface area contributed by atoms with Crippen molar-refractivity contribution >= 4 is 23.4 Å². The molecule has 0 aliphatic carbocycles. The standard InChI is InChI=1S/C24H20N2O5/c27-24(25-13-14-30-23-11-10-20(26(28)29)16-22(23)25)12-9-18-7-4-8-21(15-18)31-17-19-5-2-1-3-6-19/h1-12,15-16H,13-14,17H2/b12-9+. The largest absolute Gasteiger partial charge is 0.490 e. The first-order chi connectivity index (χ1) is 15.1. The summed E-state index contributed by atoms with van der Waals surface area (Å²) >= 11 is 0. The predicted octanol–water partition coefficient (Wildman–Crippen LogP) is 4.61. The number of carbonyl (C=O) groups is 1. The molecule has 31 heavy (non-hydrogen) atoms. The van der Waals surface area contributed by atoms with Gasteiger partial charge in [-0.25, -0.2) is 0 Å². The second-order valence-electron chi connectivity index (χ2n) is 6.93. The zero-order chi connectivity index (χ0) is 21.6. The molecule has 7 heteroatoms. The van der Waals surface area contributed by atoms with Crippen LogP contribution in [0.5, 0.6) is 11.5 Å². The minimum absolute atomic E-state index is 0.0886. The fraction of sp³-hybridized carbons (Fsp3) is 0.125. The van der Waals surface area contributed by atoms with E-state index >= 15 is 0 Å². The molecule has 0 spiro atoms. The Labute approximate surface area is 179 Å². The average Bonchev–Trinajstić information content (AvgIpc) is 2.81. The third kappa shape index (κ3) is 4.90. The van der Waals surface area contributed by atoms with Gasteiger partial charge in [0.1, 0.15) is 24.7 Å². The number of ether oxygens (including phenoxy) is 2. The third-order valence-corrected chi connectivity index (χ3v) is 4.81. The number of nitrogens with zero attached hydrogens (tertiary/aromatic N) is 2. The first-order valence-corrected chi connectivity index (χ1v) is 9.78. The molecule has 0 radical (unpaired) electrons. The Morgan fingerprint density at radius 3 is 2.74 bits per heavy atom. The highest BCUT2D eigenvalue weighted by molar-refractivity contribution is 6.05. The first kappa shape index (κ1) is 20.2. The first-order valence-electron chi connectivity index (χ1n) is 9.78. The number of nitro benzene ring substituents is 1. The number of non-ortho nitro benzene ring substituents is 1. The smallest absolute Gasteiger partial charge is 0.271 e. The van der Waals surface area contributed by atoms with Crippen LogP contribution >= 0.6 is 0 Å². The summed E-state index contributed by atoms with van der Waals surface area (Å²) in [5.41, 5.74) is 2.19. The van der Waals surface area contributed by atoms with Crippen molar-refractivity contribution in [2.24, 2.45) is 0 Å².